The summed E-state index contributed by atoms with van der Waals surface area (Å²) in [4.78, 5) is 0. The van der Waals surface area contributed by atoms with Crippen molar-refractivity contribution in [3.05, 3.63) is 0 Å². The molecular weight excluding hydrogens is 120 g/mol. The molecule has 1 fully saturated rings. The molecule has 0 aromatic rings. The molecule has 2 heteroatoms. The fraction of sp³-hybridized carbons (Fsp3) is 1.00. The number of rotatable bonds is 1. The Kier molecular flexibility index (Phi) is 1.83. The van der Waals surface area contributed by atoms with Crippen molar-refractivity contribution in [2.75, 3.05) is 24.4 Å². The smallest absolute Gasteiger partial charge is 0.0600 e. The van der Waals surface area contributed by atoms with Crippen molar-refractivity contribution in [2.24, 2.45) is 0 Å². The molecule has 50 valence electrons. The summed E-state index contributed by atoms with van der Waals surface area (Å²) in [5.74, 6) is 2.58. The number of hydrogen-bond acceptors (Lipinski definition) is 1. The van der Waals surface area contributed by atoms with Gasteiger partial charge in [-0.2, -0.15) is 0 Å². The molecule has 1 rings (SSSR count). The van der Waals surface area contributed by atoms with Crippen molar-refractivity contribution >= 4 is 10.3 Å². The van der Waals surface area contributed by atoms with Gasteiger partial charge in [0.05, 0.1) is 6.61 Å². The van der Waals surface area contributed by atoms with Crippen LogP contribution in [0.5, 0.6) is 0 Å². The van der Waals surface area contributed by atoms with E-state index in [4.69, 9.17) is 4.18 Å². The summed E-state index contributed by atoms with van der Waals surface area (Å²) in [5.41, 5.74) is 0. The lowest BCUT2D eigenvalue weighted by molar-refractivity contribution is 0.391. The molecule has 1 aliphatic heterocycles. The Bertz CT molecular complexity index is 76.6. The molecule has 0 spiro atoms. The highest BCUT2D eigenvalue weighted by Gasteiger charge is 2.21. The average Bonchev–Trinajstić information content (AvgIpc) is 2.17. The third-order valence-corrected chi connectivity index (χ3v) is 4.81. The molecule has 0 aromatic heterocycles. The van der Waals surface area contributed by atoms with Crippen LogP contribution >= 0.6 is 10.3 Å². The van der Waals surface area contributed by atoms with Gasteiger partial charge in [0.15, 0.2) is 0 Å². The fourth-order valence-corrected chi connectivity index (χ4v) is 2.73. The van der Waals surface area contributed by atoms with Crippen LogP contribution in [0.4, 0.5) is 0 Å². The van der Waals surface area contributed by atoms with E-state index in [1.807, 2.05) is 0 Å². The maximum absolute atomic E-state index is 5.57. The van der Waals surface area contributed by atoms with E-state index in [0.717, 1.165) is 6.61 Å². The lowest BCUT2D eigenvalue weighted by Crippen LogP contribution is -1.99. The first kappa shape index (κ1) is 6.43. The predicted molar refractivity (Wildman–Crippen MR) is 39.5 cm³/mol. The zero-order valence-corrected chi connectivity index (χ0v) is 6.46. The summed E-state index contributed by atoms with van der Waals surface area (Å²) < 4.78 is 5.57. The van der Waals surface area contributed by atoms with Crippen LogP contribution in [0.2, 0.25) is 0 Å². The maximum Gasteiger partial charge on any atom is 0.0600 e. The molecule has 1 aliphatic rings. The quantitative estimate of drug-likeness (QED) is 0.531. The summed E-state index contributed by atoms with van der Waals surface area (Å²) in [7, 11) is -0.542. The van der Waals surface area contributed by atoms with Gasteiger partial charge in [-0.05, 0) is 18.4 Å². The van der Waals surface area contributed by atoms with Crippen LogP contribution in [0.25, 0.3) is 0 Å². The normalized spacial score (nSPS) is 46.2. The van der Waals surface area contributed by atoms with Crippen LogP contribution in [-0.4, -0.2) is 24.4 Å². The van der Waals surface area contributed by atoms with E-state index in [1.54, 1.807) is 0 Å². The Morgan fingerprint density at radius 1 is 1.62 bits per heavy atom. The highest BCUT2D eigenvalue weighted by Crippen LogP contribution is 2.49. The van der Waals surface area contributed by atoms with Crippen molar-refractivity contribution in [1.82, 2.24) is 0 Å². The highest BCUT2D eigenvalue weighted by molar-refractivity contribution is 8.29. The van der Waals surface area contributed by atoms with Crippen LogP contribution < -0.4 is 0 Å². The van der Waals surface area contributed by atoms with E-state index in [-0.39, 0.29) is 0 Å². The molecule has 0 aliphatic carbocycles. The van der Waals surface area contributed by atoms with Crippen LogP contribution in [0.1, 0.15) is 13.3 Å². The van der Waals surface area contributed by atoms with Gasteiger partial charge >= 0.3 is 0 Å². The summed E-state index contributed by atoms with van der Waals surface area (Å²) >= 11 is 0. The van der Waals surface area contributed by atoms with Gasteiger partial charge in [-0.15, -0.1) is 10.3 Å². The molecule has 1 unspecified atom stereocenters. The van der Waals surface area contributed by atoms with E-state index in [2.05, 4.69) is 13.2 Å². The molecule has 0 N–H and O–H groups in total. The van der Waals surface area contributed by atoms with Gasteiger partial charge in [0.2, 0.25) is 0 Å². The maximum atomic E-state index is 5.57. The average molecular weight is 134 g/mol. The highest BCUT2D eigenvalue weighted by atomic mass is 32.3. The van der Waals surface area contributed by atoms with E-state index < -0.39 is 10.3 Å². The van der Waals surface area contributed by atoms with Crippen molar-refractivity contribution in [2.45, 2.75) is 13.3 Å². The topological polar surface area (TPSA) is 9.23 Å². The van der Waals surface area contributed by atoms with Crippen molar-refractivity contribution in [3.63, 3.8) is 0 Å². The lowest BCUT2D eigenvalue weighted by Gasteiger charge is -2.26. The Labute approximate surface area is 52.9 Å². The first-order valence-corrected chi connectivity index (χ1v) is 5.45. The van der Waals surface area contributed by atoms with Crippen molar-refractivity contribution in [1.29, 1.82) is 0 Å². The van der Waals surface area contributed by atoms with Crippen molar-refractivity contribution in [3.8, 4) is 0 Å². The minimum atomic E-state index is -0.542. The van der Waals surface area contributed by atoms with E-state index in [1.165, 1.54) is 17.9 Å². The molecule has 0 bridgehead atoms. The zero-order chi connectivity index (χ0) is 6.04. The van der Waals surface area contributed by atoms with Gasteiger partial charge in [0.25, 0.3) is 0 Å². The first-order chi connectivity index (χ1) is 3.77. The van der Waals surface area contributed by atoms with Crippen molar-refractivity contribution < 1.29 is 4.18 Å². The Balaban J connectivity index is 2.40. The molecule has 1 atom stereocenters. The van der Waals surface area contributed by atoms with Gasteiger partial charge in [-0.1, -0.05) is 6.92 Å². The minimum absolute atomic E-state index is 0.542. The standard InChI is InChI=1S/C6H14OS/c1-3-8(2)6-4-5-7-8/h3-6H2,1-2H3. The summed E-state index contributed by atoms with van der Waals surface area (Å²) in [6.45, 7) is 3.24. The summed E-state index contributed by atoms with van der Waals surface area (Å²) in [6.07, 6.45) is 3.57. The van der Waals surface area contributed by atoms with E-state index >= 15 is 0 Å². The fourth-order valence-electron chi connectivity index (χ4n) is 0.911. The Morgan fingerprint density at radius 3 is 2.62 bits per heavy atom. The summed E-state index contributed by atoms with van der Waals surface area (Å²) in [6, 6.07) is 0. The molecule has 8 heavy (non-hydrogen) atoms. The first-order valence-electron chi connectivity index (χ1n) is 3.15. The second kappa shape index (κ2) is 2.28. The largest absolute Gasteiger partial charge is 0.337 e. The Morgan fingerprint density at radius 2 is 2.38 bits per heavy atom. The molecule has 0 aromatic carbocycles. The van der Waals surface area contributed by atoms with Crippen LogP contribution in [0.3, 0.4) is 0 Å². The van der Waals surface area contributed by atoms with Gasteiger partial charge in [-0.3, -0.25) is 0 Å². The van der Waals surface area contributed by atoms with E-state index in [9.17, 15) is 0 Å². The third-order valence-electron chi connectivity index (χ3n) is 1.70. The summed E-state index contributed by atoms with van der Waals surface area (Å²) in [5, 5.41) is 0. The molecule has 1 heterocycles. The second-order valence-electron chi connectivity index (χ2n) is 2.35. The second-order valence-corrected chi connectivity index (χ2v) is 5.94. The third kappa shape index (κ3) is 1.17. The predicted octanol–water partition coefficient (Wildman–Crippen LogP) is 1.78. The minimum Gasteiger partial charge on any atom is -0.337 e. The van der Waals surface area contributed by atoms with Crippen LogP contribution in [-0.2, 0) is 4.18 Å². The van der Waals surface area contributed by atoms with Crippen LogP contribution in [0.15, 0.2) is 0 Å². The van der Waals surface area contributed by atoms with Gasteiger partial charge in [0.1, 0.15) is 0 Å². The Hall–Kier alpha value is 0.310. The molecule has 0 amide bonds. The zero-order valence-electron chi connectivity index (χ0n) is 5.64. The van der Waals surface area contributed by atoms with Crippen LogP contribution in [0, 0.1) is 0 Å². The molecule has 0 saturated carbocycles. The lowest BCUT2D eigenvalue weighted by atomic mass is 10.5. The van der Waals surface area contributed by atoms with Gasteiger partial charge < -0.3 is 4.18 Å². The molecule has 1 saturated heterocycles. The molecule has 0 radical (unpaired) electrons. The number of hydrogen-bond donors (Lipinski definition) is 0. The molecule has 1 nitrogen and oxygen atoms in total. The molecular formula is C6H14OS. The SMILES string of the molecule is CCS1(C)CCCO1. The van der Waals surface area contributed by atoms with Gasteiger partial charge in [-0.25, -0.2) is 0 Å². The monoisotopic (exact) mass is 134 g/mol. The van der Waals surface area contributed by atoms with Gasteiger partial charge in [0, 0.05) is 5.75 Å². The van der Waals surface area contributed by atoms with E-state index in [0.29, 0.717) is 0 Å².